The van der Waals surface area contributed by atoms with Gasteiger partial charge in [0.15, 0.2) is 16.5 Å². The van der Waals surface area contributed by atoms with Crippen molar-refractivity contribution in [1.82, 2.24) is 14.6 Å². The van der Waals surface area contributed by atoms with Crippen LogP contribution in [0.2, 0.25) is 5.15 Å². The first kappa shape index (κ1) is 11.7. The van der Waals surface area contributed by atoms with Gasteiger partial charge >= 0.3 is 0 Å². The first-order valence-corrected chi connectivity index (χ1v) is 6.95. The van der Waals surface area contributed by atoms with Crippen LogP contribution in [0.1, 0.15) is 24.3 Å². The zero-order valence-electron chi connectivity index (χ0n) is 10.7. The molecular weight excluding hydrogens is 274 g/mol. The van der Waals surface area contributed by atoms with Crippen molar-refractivity contribution in [3.05, 3.63) is 53.4 Å². The lowest BCUT2D eigenvalue weighted by atomic mass is 10.1. The van der Waals surface area contributed by atoms with E-state index in [1.165, 1.54) is 18.4 Å². The summed E-state index contributed by atoms with van der Waals surface area (Å²) in [4.78, 5) is 4.26. The Bertz CT molecular complexity index is 780. The smallest absolute Gasteiger partial charge is 0.183 e. The summed E-state index contributed by atoms with van der Waals surface area (Å²) >= 11 is 6.28. The van der Waals surface area contributed by atoms with Crippen LogP contribution in [0.4, 0.5) is 0 Å². The molecule has 1 fully saturated rings. The molecular formula is C15H12ClN3O. The number of ether oxygens (including phenoxy) is 1. The minimum absolute atomic E-state index is 0.428. The highest BCUT2D eigenvalue weighted by Crippen LogP contribution is 2.41. The third kappa shape index (κ3) is 2.02. The molecule has 1 aromatic carbocycles. The van der Waals surface area contributed by atoms with Crippen LogP contribution in [0.3, 0.4) is 0 Å². The van der Waals surface area contributed by atoms with Crippen LogP contribution in [0, 0.1) is 0 Å². The van der Waals surface area contributed by atoms with E-state index < -0.39 is 0 Å². The molecule has 4 nitrogen and oxygen atoms in total. The molecule has 5 heteroatoms. The summed E-state index contributed by atoms with van der Waals surface area (Å²) in [6.07, 6.45) is 5.82. The van der Waals surface area contributed by atoms with Crippen LogP contribution in [-0.2, 0) is 0 Å². The lowest BCUT2D eigenvalue weighted by Gasteiger charge is -2.09. The highest BCUT2D eigenvalue weighted by molar-refractivity contribution is 6.31. The average molecular weight is 286 g/mol. The van der Waals surface area contributed by atoms with Crippen LogP contribution in [0.5, 0.6) is 11.5 Å². The second-order valence-corrected chi connectivity index (χ2v) is 5.32. The fourth-order valence-corrected chi connectivity index (χ4v) is 2.49. The Morgan fingerprint density at radius 2 is 2.15 bits per heavy atom. The van der Waals surface area contributed by atoms with Gasteiger partial charge in [-0.25, -0.2) is 9.50 Å². The Balaban J connectivity index is 1.69. The summed E-state index contributed by atoms with van der Waals surface area (Å²) in [5.74, 6) is 1.99. The molecule has 0 unspecified atom stereocenters. The normalized spacial score (nSPS) is 14.7. The molecule has 0 saturated heterocycles. The molecule has 0 radical (unpaired) electrons. The molecule has 0 bridgehead atoms. The first-order valence-electron chi connectivity index (χ1n) is 6.57. The van der Waals surface area contributed by atoms with Crippen molar-refractivity contribution in [2.45, 2.75) is 18.8 Å². The van der Waals surface area contributed by atoms with Crippen molar-refractivity contribution < 1.29 is 4.74 Å². The lowest BCUT2D eigenvalue weighted by molar-refractivity contribution is 0.475. The molecule has 20 heavy (non-hydrogen) atoms. The molecule has 0 N–H and O–H groups in total. The van der Waals surface area contributed by atoms with Crippen molar-refractivity contribution in [1.29, 1.82) is 0 Å². The third-order valence-corrected chi connectivity index (χ3v) is 3.81. The molecule has 2 aromatic heterocycles. The van der Waals surface area contributed by atoms with E-state index in [2.05, 4.69) is 22.2 Å². The Morgan fingerprint density at radius 3 is 3.00 bits per heavy atom. The standard InChI is InChI=1S/C15H12ClN3O/c16-15-13(9-17-14-6-7-18-19(14)15)20-12-3-1-2-11(8-12)10-4-5-10/h1-3,6-10H,4-5H2. The monoisotopic (exact) mass is 285 g/mol. The molecule has 0 atom stereocenters. The first-order chi connectivity index (χ1) is 9.81. The molecule has 1 saturated carbocycles. The van der Waals surface area contributed by atoms with Crippen LogP contribution >= 0.6 is 11.6 Å². The molecule has 3 aromatic rings. The summed E-state index contributed by atoms with van der Waals surface area (Å²) in [7, 11) is 0. The van der Waals surface area contributed by atoms with Gasteiger partial charge in [-0.3, -0.25) is 0 Å². The predicted molar refractivity (Wildman–Crippen MR) is 76.5 cm³/mol. The van der Waals surface area contributed by atoms with Crippen LogP contribution in [-0.4, -0.2) is 14.6 Å². The minimum atomic E-state index is 0.428. The van der Waals surface area contributed by atoms with Crippen molar-refractivity contribution >= 4 is 17.2 Å². The molecule has 1 aliphatic rings. The number of aromatic nitrogens is 3. The van der Waals surface area contributed by atoms with Crippen LogP contribution < -0.4 is 4.74 Å². The van der Waals surface area contributed by atoms with Gasteiger partial charge in [0.05, 0.1) is 12.4 Å². The molecule has 0 spiro atoms. The van der Waals surface area contributed by atoms with Crippen LogP contribution in [0.25, 0.3) is 5.65 Å². The molecule has 0 amide bonds. The van der Waals surface area contributed by atoms with Gasteiger partial charge in [-0.15, -0.1) is 0 Å². The molecule has 4 rings (SSSR count). The summed E-state index contributed by atoms with van der Waals surface area (Å²) in [5, 5.41) is 4.55. The van der Waals surface area contributed by atoms with Crippen molar-refractivity contribution in [2.75, 3.05) is 0 Å². The topological polar surface area (TPSA) is 39.4 Å². The number of hydrogen-bond acceptors (Lipinski definition) is 3. The molecule has 0 aliphatic heterocycles. The van der Waals surface area contributed by atoms with E-state index in [0.717, 1.165) is 5.75 Å². The Kier molecular flexibility index (Phi) is 2.63. The third-order valence-electron chi connectivity index (χ3n) is 3.46. The number of nitrogens with zero attached hydrogens (tertiary/aromatic N) is 3. The molecule has 2 heterocycles. The van der Waals surface area contributed by atoms with Gasteiger partial charge in [-0.05, 0) is 36.5 Å². The van der Waals surface area contributed by atoms with E-state index in [1.807, 2.05) is 12.1 Å². The van der Waals surface area contributed by atoms with Gasteiger partial charge in [0.25, 0.3) is 0 Å². The van der Waals surface area contributed by atoms with Crippen molar-refractivity contribution in [3.63, 3.8) is 0 Å². The van der Waals surface area contributed by atoms with Gasteiger partial charge in [0.1, 0.15) is 5.75 Å². The van der Waals surface area contributed by atoms with E-state index in [4.69, 9.17) is 16.3 Å². The van der Waals surface area contributed by atoms with Gasteiger partial charge in [-0.1, -0.05) is 23.7 Å². The van der Waals surface area contributed by atoms with E-state index in [0.29, 0.717) is 22.5 Å². The Labute approximate surface area is 121 Å². The number of fused-ring (bicyclic) bond motifs is 1. The minimum Gasteiger partial charge on any atom is -0.452 e. The SMILES string of the molecule is Clc1c(Oc2cccc(C3CC3)c2)cnc2ccnn12. The van der Waals surface area contributed by atoms with Crippen molar-refractivity contribution in [2.24, 2.45) is 0 Å². The fraction of sp³-hybridized carbons (Fsp3) is 0.200. The summed E-state index contributed by atoms with van der Waals surface area (Å²) in [6, 6.07) is 9.94. The summed E-state index contributed by atoms with van der Waals surface area (Å²) in [6.45, 7) is 0. The maximum absolute atomic E-state index is 6.28. The lowest BCUT2D eigenvalue weighted by Crippen LogP contribution is -1.96. The van der Waals surface area contributed by atoms with Gasteiger partial charge < -0.3 is 4.74 Å². The van der Waals surface area contributed by atoms with E-state index in [9.17, 15) is 0 Å². The van der Waals surface area contributed by atoms with Crippen molar-refractivity contribution in [3.8, 4) is 11.5 Å². The number of rotatable bonds is 3. The quantitative estimate of drug-likeness (QED) is 0.682. The van der Waals surface area contributed by atoms with E-state index in [1.54, 1.807) is 23.0 Å². The Morgan fingerprint density at radius 1 is 1.25 bits per heavy atom. The number of benzene rings is 1. The highest BCUT2D eigenvalue weighted by Gasteiger charge is 2.23. The zero-order valence-corrected chi connectivity index (χ0v) is 11.4. The zero-order chi connectivity index (χ0) is 13.5. The highest BCUT2D eigenvalue weighted by atomic mass is 35.5. The Hall–Kier alpha value is -2.07. The van der Waals surface area contributed by atoms with Gasteiger partial charge in [0, 0.05) is 6.07 Å². The van der Waals surface area contributed by atoms with E-state index in [-0.39, 0.29) is 0 Å². The molecule has 100 valence electrons. The van der Waals surface area contributed by atoms with Crippen LogP contribution in [0.15, 0.2) is 42.7 Å². The van der Waals surface area contributed by atoms with Gasteiger partial charge in [0.2, 0.25) is 0 Å². The predicted octanol–water partition coefficient (Wildman–Crippen LogP) is 4.05. The average Bonchev–Trinajstić information content (AvgIpc) is 3.21. The second kappa shape index (κ2) is 4.49. The van der Waals surface area contributed by atoms with Gasteiger partial charge in [-0.2, -0.15) is 5.10 Å². The largest absolute Gasteiger partial charge is 0.452 e. The summed E-state index contributed by atoms with van der Waals surface area (Å²) in [5.41, 5.74) is 2.03. The maximum atomic E-state index is 6.28. The maximum Gasteiger partial charge on any atom is 0.183 e. The van der Waals surface area contributed by atoms with E-state index >= 15 is 0 Å². The number of hydrogen-bond donors (Lipinski definition) is 0. The second-order valence-electron chi connectivity index (χ2n) is 4.96. The summed E-state index contributed by atoms with van der Waals surface area (Å²) < 4.78 is 7.41. The number of halogens is 1. The fourth-order valence-electron chi connectivity index (χ4n) is 2.27. The molecule has 1 aliphatic carbocycles.